The van der Waals surface area contributed by atoms with E-state index in [1.54, 1.807) is 0 Å². The normalized spacial score (nSPS) is 39.9. The number of hydrogen-bond acceptors (Lipinski definition) is 6. The number of nitrogens with zero attached hydrogens (tertiary/aromatic N) is 1. The summed E-state index contributed by atoms with van der Waals surface area (Å²) >= 11 is 0. The van der Waals surface area contributed by atoms with Gasteiger partial charge in [-0.15, -0.1) is 5.16 Å². The molecule has 0 saturated heterocycles. The fraction of sp³-hybridized carbons (Fsp3) is 0.941. The molecule has 4 rings (SSSR count). The Morgan fingerprint density at radius 1 is 0.907 bits per heavy atom. The first kappa shape index (κ1) is 35.4. The average Bonchev–Trinajstić information content (AvgIpc) is 3.22. The molecule has 7 unspecified atom stereocenters. The minimum Gasteiger partial charge on any atom is -0.469 e. The molecule has 43 heavy (non-hydrogen) atoms. The first-order valence-corrected chi connectivity index (χ1v) is 27.6. The second-order valence-electron chi connectivity index (χ2n) is 18.1. The smallest absolute Gasteiger partial charge is 0.305 e. The molecule has 0 aromatic heterocycles. The lowest BCUT2D eigenvalue weighted by atomic mass is 9.43. The molecule has 4 aliphatic carbocycles. The summed E-state index contributed by atoms with van der Waals surface area (Å²) in [4.78, 5) is 12.1. The van der Waals surface area contributed by atoms with E-state index in [2.05, 4.69) is 79.7 Å². The van der Waals surface area contributed by atoms with Gasteiger partial charge in [-0.25, -0.2) is 0 Å². The van der Waals surface area contributed by atoms with Crippen molar-refractivity contribution >= 4 is 36.6 Å². The van der Waals surface area contributed by atoms with E-state index >= 15 is 0 Å². The number of methoxy groups -OCH3 is 1. The van der Waals surface area contributed by atoms with Gasteiger partial charge in [-0.1, -0.05) is 20.8 Å². The maximum Gasteiger partial charge on any atom is 0.305 e. The molecule has 0 amide bonds. The van der Waals surface area contributed by atoms with Crippen molar-refractivity contribution < 1.29 is 22.9 Å². The van der Waals surface area contributed by atoms with Crippen molar-refractivity contribution in [2.45, 2.75) is 150 Å². The summed E-state index contributed by atoms with van der Waals surface area (Å²) in [6.07, 6.45) is 10.2. The highest BCUT2D eigenvalue weighted by Gasteiger charge is 2.66. The Morgan fingerprint density at radius 2 is 1.56 bits per heavy atom. The lowest BCUT2D eigenvalue weighted by Gasteiger charge is -2.64. The molecule has 0 aromatic carbocycles. The number of rotatable bonds is 10. The van der Waals surface area contributed by atoms with Crippen LogP contribution in [0, 0.1) is 46.3 Å². The maximum absolute atomic E-state index is 12.1. The zero-order chi connectivity index (χ0) is 32.2. The first-order chi connectivity index (χ1) is 19.7. The summed E-state index contributed by atoms with van der Waals surface area (Å²) in [5, 5.41) is 5.17. The SMILES string of the molecule is COC(=O)CCC(C)C1CCC2C3C(C/C(=N\O[Si](C)(C)C)C12C)C1(C)CC[C@@H](O[Si](C)(C)C)C[C@H]1C[C@H]3O[Si](C)(C)C. The second kappa shape index (κ2) is 12.6. The molecule has 9 heteroatoms. The molecule has 0 radical (unpaired) electrons. The van der Waals surface area contributed by atoms with E-state index in [0.29, 0.717) is 54.1 Å². The second-order valence-corrected chi connectivity index (χ2v) is 31.5. The Hall–Kier alpha value is -0.489. The van der Waals surface area contributed by atoms with Crippen molar-refractivity contribution in [1.29, 1.82) is 0 Å². The van der Waals surface area contributed by atoms with E-state index in [0.717, 1.165) is 12.8 Å². The van der Waals surface area contributed by atoms with Crippen molar-refractivity contribution in [2.24, 2.45) is 51.5 Å². The summed E-state index contributed by atoms with van der Waals surface area (Å²) in [6.45, 7) is 28.3. The zero-order valence-corrected chi connectivity index (χ0v) is 33.0. The predicted molar refractivity (Wildman–Crippen MR) is 185 cm³/mol. The molecular formula is C34H65NO5Si3. The summed E-state index contributed by atoms with van der Waals surface area (Å²) in [5.74, 6) is 3.02. The van der Waals surface area contributed by atoms with Gasteiger partial charge in [0.05, 0.1) is 12.8 Å². The number of fused-ring (bicyclic) bond motifs is 5. The van der Waals surface area contributed by atoms with Crippen LogP contribution >= 0.6 is 0 Å². The average molecular weight is 652 g/mol. The van der Waals surface area contributed by atoms with E-state index in [9.17, 15) is 4.79 Å². The third-order valence-electron chi connectivity index (χ3n) is 11.7. The number of oxime groups is 1. The molecule has 0 aromatic rings. The van der Waals surface area contributed by atoms with Crippen LogP contribution in [-0.2, 0) is 22.9 Å². The molecule has 10 atom stereocenters. The fourth-order valence-electron chi connectivity index (χ4n) is 10.0. The van der Waals surface area contributed by atoms with Crippen LogP contribution in [0.5, 0.6) is 0 Å². The Morgan fingerprint density at radius 3 is 2.14 bits per heavy atom. The van der Waals surface area contributed by atoms with Gasteiger partial charge in [-0.05, 0) is 151 Å². The van der Waals surface area contributed by atoms with Crippen LogP contribution in [0.3, 0.4) is 0 Å². The monoisotopic (exact) mass is 651 g/mol. The van der Waals surface area contributed by atoms with Crippen LogP contribution in [0.1, 0.15) is 78.6 Å². The van der Waals surface area contributed by atoms with Crippen LogP contribution in [-0.4, -0.2) is 56.0 Å². The molecule has 6 nitrogen and oxygen atoms in total. The summed E-state index contributed by atoms with van der Waals surface area (Å²) in [5.41, 5.74) is 1.53. The minimum atomic E-state index is -1.86. The molecule has 4 fully saturated rings. The van der Waals surface area contributed by atoms with Crippen LogP contribution in [0.15, 0.2) is 5.16 Å². The van der Waals surface area contributed by atoms with Crippen LogP contribution in [0.2, 0.25) is 58.9 Å². The van der Waals surface area contributed by atoms with Crippen LogP contribution < -0.4 is 0 Å². The van der Waals surface area contributed by atoms with Crippen molar-refractivity contribution in [3.8, 4) is 0 Å². The largest absolute Gasteiger partial charge is 0.469 e. The Kier molecular flexibility index (Phi) is 10.4. The Labute approximate surface area is 267 Å². The van der Waals surface area contributed by atoms with E-state index < -0.39 is 25.0 Å². The van der Waals surface area contributed by atoms with Crippen molar-refractivity contribution in [3.05, 3.63) is 0 Å². The van der Waals surface area contributed by atoms with Crippen LogP contribution in [0.4, 0.5) is 0 Å². The summed E-state index contributed by atoms with van der Waals surface area (Å²) < 4.78 is 25.4. The molecule has 0 bridgehead atoms. The molecule has 0 heterocycles. The Bertz CT molecular complexity index is 1030. The molecule has 4 saturated carbocycles. The van der Waals surface area contributed by atoms with E-state index in [1.165, 1.54) is 51.3 Å². The molecule has 0 N–H and O–H groups in total. The number of carbonyl (C=O) groups is 1. The van der Waals surface area contributed by atoms with Gasteiger partial charge in [0.15, 0.2) is 16.6 Å². The number of esters is 1. The van der Waals surface area contributed by atoms with E-state index in [4.69, 9.17) is 23.3 Å². The third-order valence-corrected chi connectivity index (χ3v) is 14.4. The molecular weight excluding hydrogens is 587 g/mol. The highest BCUT2D eigenvalue weighted by atomic mass is 28.4. The Balaban J connectivity index is 1.75. The van der Waals surface area contributed by atoms with Gasteiger partial charge in [-0.3, -0.25) is 4.79 Å². The fourth-order valence-corrected chi connectivity index (χ4v) is 12.8. The van der Waals surface area contributed by atoms with Gasteiger partial charge in [0.2, 0.25) is 0 Å². The number of ether oxygens (including phenoxy) is 1. The topological polar surface area (TPSA) is 66.4 Å². The van der Waals surface area contributed by atoms with Crippen molar-refractivity contribution in [3.63, 3.8) is 0 Å². The third kappa shape index (κ3) is 7.74. The zero-order valence-electron chi connectivity index (χ0n) is 30.0. The first-order valence-electron chi connectivity index (χ1n) is 17.4. The predicted octanol–water partition coefficient (Wildman–Crippen LogP) is 9.10. The van der Waals surface area contributed by atoms with Gasteiger partial charge in [0.1, 0.15) is 0 Å². The van der Waals surface area contributed by atoms with Gasteiger partial charge in [-0.2, -0.15) is 0 Å². The van der Waals surface area contributed by atoms with Gasteiger partial charge >= 0.3 is 5.97 Å². The summed E-state index contributed by atoms with van der Waals surface area (Å²) in [6, 6.07) is 0. The number of carbonyl (C=O) groups excluding carboxylic acids is 1. The molecule has 248 valence electrons. The van der Waals surface area contributed by atoms with E-state index in [1.807, 2.05) is 0 Å². The maximum atomic E-state index is 12.1. The van der Waals surface area contributed by atoms with Gasteiger partial charge < -0.3 is 18.1 Å². The van der Waals surface area contributed by atoms with Crippen molar-refractivity contribution in [2.75, 3.05) is 7.11 Å². The molecule has 0 aliphatic heterocycles. The summed E-state index contributed by atoms with van der Waals surface area (Å²) in [7, 11) is -3.74. The minimum absolute atomic E-state index is 0.0429. The van der Waals surface area contributed by atoms with E-state index in [-0.39, 0.29) is 16.8 Å². The quantitative estimate of drug-likeness (QED) is 0.134. The lowest BCUT2D eigenvalue weighted by molar-refractivity contribution is -0.144. The van der Waals surface area contributed by atoms with Gasteiger partial charge in [0.25, 0.3) is 8.32 Å². The standard InChI is InChI=1S/C34H65NO5Si3/c1-23(14-17-31(36)37-4)26-15-16-27-32-28(22-30(34(26,27)3)35-40-43(11,12)13)33(2)19-18-25(38-41(5,6)7)20-24(33)21-29(32)39-42(8,9)10/h23-29,32H,14-22H2,1-13H3/b35-30+/t23?,24-,25+,26?,27?,28?,29+,32?,33?,34?/m0/s1. The highest BCUT2D eigenvalue weighted by Crippen LogP contribution is 2.68. The lowest BCUT2D eigenvalue weighted by Crippen LogP contribution is -2.63. The van der Waals surface area contributed by atoms with Gasteiger partial charge in [0, 0.05) is 24.0 Å². The van der Waals surface area contributed by atoms with Crippen molar-refractivity contribution in [1.82, 2.24) is 0 Å². The highest BCUT2D eigenvalue weighted by molar-refractivity contribution is 6.70. The number of hydrogen-bond donors (Lipinski definition) is 0. The molecule has 4 aliphatic rings. The molecule has 0 spiro atoms. The van der Waals surface area contributed by atoms with Crippen LogP contribution in [0.25, 0.3) is 0 Å².